The molecule has 4 aromatic rings. The van der Waals surface area contributed by atoms with E-state index in [1.807, 2.05) is 0 Å². The Bertz CT molecular complexity index is 1430. The van der Waals surface area contributed by atoms with Gasteiger partial charge in [0.05, 0.1) is 23.3 Å². The molecule has 0 radical (unpaired) electrons. The Kier molecular flexibility index (Phi) is 6.07. The standard InChI is InChI=1S/C22H15F4N5O4/c1-2-35-14-7-8-15(18(9-14)31(33)34)28-21(32)17-11-20-27-16(12-3-5-13(23)6-4-12)10-19(22(24,25)26)30(20)29-17/h3-11H,2H2,1H3,(H,28,32). The van der Waals surface area contributed by atoms with Gasteiger partial charge in [0.15, 0.2) is 17.0 Å². The van der Waals surface area contributed by atoms with Crippen LogP contribution in [0.15, 0.2) is 54.6 Å². The average molecular weight is 489 g/mol. The first-order chi connectivity index (χ1) is 16.6. The van der Waals surface area contributed by atoms with Crippen molar-refractivity contribution in [2.75, 3.05) is 11.9 Å². The topological polar surface area (TPSA) is 112 Å². The predicted molar refractivity (Wildman–Crippen MR) is 116 cm³/mol. The van der Waals surface area contributed by atoms with E-state index in [1.54, 1.807) is 6.92 Å². The van der Waals surface area contributed by atoms with Crippen LogP contribution in [-0.4, -0.2) is 32.0 Å². The van der Waals surface area contributed by atoms with Crippen molar-refractivity contribution in [3.05, 3.63) is 81.9 Å². The Balaban J connectivity index is 1.74. The Morgan fingerprint density at radius 3 is 2.49 bits per heavy atom. The molecule has 0 saturated carbocycles. The minimum Gasteiger partial charge on any atom is -0.494 e. The second kappa shape index (κ2) is 9.00. The van der Waals surface area contributed by atoms with Crippen molar-refractivity contribution < 1.29 is 32.0 Å². The van der Waals surface area contributed by atoms with Crippen LogP contribution in [0.25, 0.3) is 16.9 Å². The molecule has 180 valence electrons. The maximum absolute atomic E-state index is 13.7. The van der Waals surface area contributed by atoms with Gasteiger partial charge in [-0.1, -0.05) is 0 Å². The number of carbonyl (C=O) groups excluding carboxylic acids is 1. The van der Waals surface area contributed by atoms with E-state index in [9.17, 15) is 32.5 Å². The van der Waals surface area contributed by atoms with Crippen molar-refractivity contribution in [3.8, 4) is 17.0 Å². The Hall–Kier alpha value is -4.55. The van der Waals surface area contributed by atoms with Gasteiger partial charge in [-0.15, -0.1) is 0 Å². The van der Waals surface area contributed by atoms with Gasteiger partial charge in [-0.2, -0.15) is 18.3 Å². The minimum atomic E-state index is -4.86. The number of hydrogen-bond acceptors (Lipinski definition) is 6. The van der Waals surface area contributed by atoms with Crippen molar-refractivity contribution in [1.29, 1.82) is 0 Å². The van der Waals surface area contributed by atoms with Gasteiger partial charge >= 0.3 is 6.18 Å². The summed E-state index contributed by atoms with van der Waals surface area (Å²) in [6.45, 7) is 1.95. The number of nitrogens with one attached hydrogen (secondary N) is 1. The van der Waals surface area contributed by atoms with Gasteiger partial charge in [0.25, 0.3) is 11.6 Å². The van der Waals surface area contributed by atoms with Crippen LogP contribution in [0.3, 0.4) is 0 Å². The number of carbonyl (C=O) groups is 1. The van der Waals surface area contributed by atoms with Crippen LogP contribution in [0.1, 0.15) is 23.1 Å². The van der Waals surface area contributed by atoms with Crippen LogP contribution in [0, 0.1) is 15.9 Å². The van der Waals surface area contributed by atoms with Gasteiger partial charge < -0.3 is 10.1 Å². The summed E-state index contributed by atoms with van der Waals surface area (Å²) in [4.78, 5) is 27.5. The molecule has 0 spiro atoms. The summed E-state index contributed by atoms with van der Waals surface area (Å²) in [7, 11) is 0. The zero-order valence-electron chi connectivity index (χ0n) is 17.8. The fraction of sp³-hybridized carbons (Fsp3) is 0.136. The van der Waals surface area contributed by atoms with Crippen molar-refractivity contribution in [2.24, 2.45) is 0 Å². The molecule has 0 aliphatic carbocycles. The first kappa shape index (κ1) is 23.6. The highest BCUT2D eigenvalue weighted by atomic mass is 19.4. The number of nitro benzene ring substituents is 1. The van der Waals surface area contributed by atoms with E-state index in [0.717, 1.165) is 30.3 Å². The molecule has 2 aromatic carbocycles. The number of benzene rings is 2. The van der Waals surface area contributed by atoms with Gasteiger partial charge in [-0.05, 0) is 49.4 Å². The first-order valence-corrected chi connectivity index (χ1v) is 10.0. The lowest BCUT2D eigenvalue weighted by Crippen LogP contribution is -2.16. The zero-order valence-corrected chi connectivity index (χ0v) is 17.8. The van der Waals surface area contributed by atoms with Gasteiger partial charge in [0.2, 0.25) is 0 Å². The van der Waals surface area contributed by atoms with Crippen LogP contribution in [0.4, 0.5) is 28.9 Å². The maximum atomic E-state index is 13.7. The fourth-order valence-electron chi connectivity index (χ4n) is 3.27. The molecule has 2 heterocycles. The summed E-state index contributed by atoms with van der Waals surface area (Å²) < 4.78 is 60.1. The Morgan fingerprint density at radius 2 is 1.86 bits per heavy atom. The van der Waals surface area contributed by atoms with Crippen LogP contribution in [0.2, 0.25) is 0 Å². The maximum Gasteiger partial charge on any atom is 0.433 e. The molecule has 0 atom stereocenters. The predicted octanol–water partition coefficient (Wildman–Crippen LogP) is 5.11. The molecule has 1 N–H and O–H groups in total. The van der Waals surface area contributed by atoms with Gasteiger partial charge in [-0.3, -0.25) is 14.9 Å². The molecule has 1 amide bonds. The first-order valence-electron chi connectivity index (χ1n) is 10.0. The number of hydrogen-bond donors (Lipinski definition) is 1. The number of halogens is 4. The van der Waals surface area contributed by atoms with E-state index in [0.29, 0.717) is 4.52 Å². The summed E-state index contributed by atoms with van der Waals surface area (Å²) in [5.74, 6) is -1.35. The lowest BCUT2D eigenvalue weighted by molar-refractivity contribution is -0.384. The number of fused-ring (bicyclic) bond motifs is 1. The third kappa shape index (κ3) is 4.88. The van der Waals surface area contributed by atoms with E-state index in [1.165, 1.54) is 24.3 Å². The van der Waals surface area contributed by atoms with Crippen molar-refractivity contribution in [2.45, 2.75) is 13.1 Å². The fourth-order valence-corrected chi connectivity index (χ4v) is 3.27. The molecule has 13 heteroatoms. The highest BCUT2D eigenvalue weighted by Crippen LogP contribution is 2.33. The number of rotatable bonds is 6. The molecular formula is C22H15F4N5O4. The van der Waals surface area contributed by atoms with E-state index in [2.05, 4.69) is 15.4 Å². The second-order valence-electron chi connectivity index (χ2n) is 7.15. The largest absolute Gasteiger partial charge is 0.494 e. The van der Waals surface area contributed by atoms with E-state index >= 15 is 0 Å². The number of anilines is 1. The molecule has 4 rings (SSSR count). The molecule has 0 bridgehead atoms. The number of aromatic nitrogens is 3. The molecule has 0 fully saturated rings. The highest BCUT2D eigenvalue weighted by Gasteiger charge is 2.36. The summed E-state index contributed by atoms with van der Waals surface area (Å²) in [6.07, 6.45) is -4.86. The Morgan fingerprint density at radius 1 is 1.14 bits per heavy atom. The molecular weight excluding hydrogens is 474 g/mol. The van der Waals surface area contributed by atoms with Crippen LogP contribution in [0.5, 0.6) is 5.75 Å². The highest BCUT2D eigenvalue weighted by molar-refractivity contribution is 6.04. The van der Waals surface area contributed by atoms with Gasteiger partial charge in [0.1, 0.15) is 17.3 Å². The summed E-state index contributed by atoms with van der Waals surface area (Å²) >= 11 is 0. The van der Waals surface area contributed by atoms with Gasteiger partial charge in [-0.25, -0.2) is 13.9 Å². The molecule has 0 aliphatic rings. The van der Waals surface area contributed by atoms with E-state index in [4.69, 9.17) is 4.74 Å². The van der Waals surface area contributed by atoms with E-state index in [-0.39, 0.29) is 34.9 Å². The molecule has 0 unspecified atom stereocenters. The second-order valence-corrected chi connectivity index (χ2v) is 7.15. The number of alkyl halides is 3. The number of nitrogens with zero attached hydrogens (tertiary/aromatic N) is 4. The van der Waals surface area contributed by atoms with Crippen molar-refractivity contribution in [3.63, 3.8) is 0 Å². The zero-order chi connectivity index (χ0) is 25.3. The monoisotopic (exact) mass is 489 g/mol. The number of ether oxygens (including phenoxy) is 1. The SMILES string of the molecule is CCOc1ccc(NC(=O)c2cc3nc(-c4ccc(F)cc4)cc(C(F)(F)F)n3n2)c([N+](=O)[O-])c1. The molecule has 0 aliphatic heterocycles. The molecule has 9 nitrogen and oxygen atoms in total. The third-order valence-electron chi connectivity index (χ3n) is 4.82. The normalized spacial score (nSPS) is 11.5. The summed E-state index contributed by atoms with van der Waals surface area (Å²) in [6, 6.07) is 10.2. The quantitative estimate of drug-likeness (QED) is 0.229. The van der Waals surface area contributed by atoms with Crippen LogP contribution < -0.4 is 10.1 Å². The third-order valence-corrected chi connectivity index (χ3v) is 4.82. The van der Waals surface area contributed by atoms with Crippen molar-refractivity contribution >= 4 is 22.9 Å². The lowest BCUT2D eigenvalue weighted by atomic mass is 10.1. The molecule has 2 aromatic heterocycles. The Labute approximate surface area is 194 Å². The van der Waals surface area contributed by atoms with E-state index < -0.39 is 39.9 Å². The molecule has 0 saturated heterocycles. The summed E-state index contributed by atoms with van der Waals surface area (Å²) in [5.41, 5.74) is -2.53. The van der Waals surface area contributed by atoms with Crippen molar-refractivity contribution in [1.82, 2.24) is 14.6 Å². The van der Waals surface area contributed by atoms with Gasteiger partial charge in [0, 0.05) is 11.6 Å². The molecule has 35 heavy (non-hydrogen) atoms. The average Bonchev–Trinajstić information content (AvgIpc) is 3.23. The van der Waals surface area contributed by atoms with Crippen LogP contribution >= 0.6 is 0 Å². The number of amides is 1. The smallest absolute Gasteiger partial charge is 0.433 e. The summed E-state index contributed by atoms with van der Waals surface area (Å²) in [5, 5.41) is 17.4. The lowest BCUT2D eigenvalue weighted by Gasteiger charge is -2.11. The van der Waals surface area contributed by atoms with Crippen LogP contribution in [-0.2, 0) is 6.18 Å². The minimum absolute atomic E-state index is 0.112. The number of nitro groups is 1.